The van der Waals surface area contributed by atoms with Gasteiger partial charge in [-0.1, -0.05) is 48.5 Å². The minimum absolute atomic E-state index is 0.0284. The third-order valence-corrected chi connectivity index (χ3v) is 5.58. The van der Waals surface area contributed by atoms with Crippen molar-refractivity contribution in [1.82, 2.24) is 19.9 Å². The highest BCUT2D eigenvalue weighted by molar-refractivity contribution is 5.93. The first-order valence-corrected chi connectivity index (χ1v) is 10.0. The van der Waals surface area contributed by atoms with E-state index in [1.165, 1.54) is 5.56 Å². The number of imidazole rings is 1. The number of benzene rings is 2. The number of nitrogens with one attached hydrogen (secondary N) is 1. The van der Waals surface area contributed by atoms with Crippen molar-refractivity contribution in [1.29, 1.82) is 0 Å². The van der Waals surface area contributed by atoms with Crippen LogP contribution in [0.3, 0.4) is 0 Å². The number of nitrogens with zero attached hydrogens (tertiary/aromatic N) is 3. The molecule has 3 heterocycles. The van der Waals surface area contributed by atoms with Crippen LogP contribution in [-0.2, 0) is 19.4 Å². The Hall–Kier alpha value is -3.47. The van der Waals surface area contributed by atoms with Gasteiger partial charge in [-0.3, -0.25) is 9.78 Å². The lowest BCUT2D eigenvalue weighted by atomic mass is 9.98. The zero-order valence-electron chi connectivity index (χ0n) is 16.1. The zero-order chi connectivity index (χ0) is 19.6. The molecule has 2 aromatic heterocycles. The van der Waals surface area contributed by atoms with Crippen LogP contribution in [0, 0.1) is 0 Å². The van der Waals surface area contributed by atoms with E-state index in [2.05, 4.69) is 51.3 Å². The molecular formula is C24H22N4O. The van der Waals surface area contributed by atoms with Gasteiger partial charge in [0.1, 0.15) is 11.5 Å². The quantitative estimate of drug-likeness (QED) is 0.565. The van der Waals surface area contributed by atoms with E-state index in [0.29, 0.717) is 5.69 Å². The van der Waals surface area contributed by atoms with E-state index in [-0.39, 0.29) is 11.9 Å². The molecule has 1 unspecified atom stereocenters. The lowest BCUT2D eigenvalue weighted by Gasteiger charge is -2.26. The van der Waals surface area contributed by atoms with Crippen LogP contribution in [0.1, 0.15) is 39.9 Å². The first kappa shape index (κ1) is 17.6. The Morgan fingerprint density at radius 3 is 2.69 bits per heavy atom. The number of rotatable bonds is 5. The van der Waals surface area contributed by atoms with Crippen LogP contribution in [0.4, 0.5) is 0 Å². The maximum Gasteiger partial charge on any atom is 0.270 e. The number of para-hydroxylation sites is 1. The molecule has 0 aliphatic carbocycles. The summed E-state index contributed by atoms with van der Waals surface area (Å²) < 4.78 is 2.33. The maximum absolute atomic E-state index is 12.6. The van der Waals surface area contributed by atoms with Crippen molar-refractivity contribution in [2.75, 3.05) is 0 Å². The summed E-state index contributed by atoms with van der Waals surface area (Å²) >= 11 is 0. The average molecular weight is 382 g/mol. The van der Waals surface area contributed by atoms with Gasteiger partial charge < -0.3 is 9.88 Å². The topological polar surface area (TPSA) is 59.8 Å². The molecule has 1 aliphatic heterocycles. The Balaban J connectivity index is 1.42. The van der Waals surface area contributed by atoms with Gasteiger partial charge in [0.15, 0.2) is 0 Å². The largest absolute Gasteiger partial charge is 0.344 e. The van der Waals surface area contributed by atoms with Crippen molar-refractivity contribution in [3.8, 4) is 0 Å². The standard InChI is InChI=1S/C24H22N4O/c29-24(21-10-4-5-15-25-21)27-19-14-16-28-22(13-12-17-7-2-1-3-8-17)26-20-11-6-9-18(19)23(20)28/h1-11,15,19H,12-14,16H2,(H,27,29). The summed E-state index contributed by atoms with van der Waals surface area (Å²) in [6, 6.07) is 22.1. The molecule has 29 heavy (non-hydrogen) atoms. The third kappa shape index (κ3) is 3.40. The first-order chi connectivity index (χ1) is 14.3. The lowest BCUT2D eigenvalue weighted by molar-refractivity contribution is 0.0928. The molecule has 1 atom stereocenters. The summed E-state index contributed by atoms with van der Waals surface area (Å²) in [4.78, 5) is 21.7. The zero-order valence-corrected chi connectivity index (χ0v) is 16.1. The highest BCUT2D eigenvalue weighted by Gasteiger charge is 2.26. The molecule has 0 radical (unpaired) electrons. The summed E-state index contributed by atoms with van der Waals surface area (Å²) in [5.41, 5.74) is 5.05. The van der Waals surface area contributed by atoms with Gasteiger partial charge in [-0.2, -0.15) is 0 Å². The van der Waals surface area contributed by atoms with Crippen LogP contribution in [0.15, 0.2) is 72.9 Å². The number of hydrogen-bond donors (Lipinski definition) is 1. The fourth-order valence-electron chi connectivity index (χ4n) is 4.17. The fourth-order valence-corrected chi connectivity index (χ4v) is 4.17. The van der Waals surface area contributed by atoms with Crippen molar-refractivity contribution in [2.45, 2.75) is 31.8 Å². The molecule has 5 rings (SSSR count). The molecule has 4 aromatic rings. The predicted molar refractivity (Wildman–Crippen MR) is 113 cm³/mol. The van der Waals surface area contributed by atoms with E-state index in [4.69, 9.17) is 4.98 Å². The molecule has 0 fully saturated rings. The number of hydrogen-bond acceptors (Lipinski definition) is 3. The minimum Gasteiger partial charge on any atom is -0.344 e. The Morgan fingerprint density at radius 2 is 1.86 bits per heavy atom. The van der Waals surface area contributed by atoms with Gasteiger partial charge in [0.2, 0.25) is 0 Å². The second-order valence-electron chi connectivity index (χ2n) is 7.41. The number of carbonyl (C=O) groups is 1. The van der Waals surface area contributed by atoms with E-state index < -0.39 is 0 Å². The van der Waals surface area contributed by atoms with Crippen molar-refractivity contribution < 1.29 is 4.79 Å². The Morgan fingerprint density at radius 1 is 1.00 bits per heavy atom. The van der Waals surface area contributed by atoms with Gasteiger partial charge >= 0.3 is 0 Å². The van der Waals surface area contributed by atoms with E-state index in [1.54, 1.807) is 12.3 Å². The summed E-state index contributed by atoms with van der Waals surface area (Å²) in [7, 11) is 0. The van der Waals surface area contributed by atoms with Crippen LogP contribution in [0.2, 0.25) is 0 Å². The molecular weight excluding hydrogens is 360 g/mol. The number of amides is 1. The van der Waals surface area contributed by atoms with Gasteiger partial charge in [-0.15, -0.1) is 0 Å². The van der Waals surface area contributed by atoms with Crippen LogP contribution >= 0.6 is 0 Å². The van der Waals surface area contributed by atoms with Crippen LogP contribution in [0.25, 0.3) is 11.0 Å². The lowest BCUT2D eigenvalue weighted by Crippen LogP contribution is -2.32. The van der Waals surface area contributed by atoms with E-state index >= 15 is 0 Å². The number of carbonyl (C=O) groups excluding carboxylic acids is 1. The molecule has 0 saturated heterocycles. The second kappa shape index (κ2) is 7.51. The minimum atomic E-state index is -0.134. The monoisotopic (exact) mass is 382 g/mol. The molecule has 0 spiro atoms. The molecule has 144 valence electrons. The number of pyridine rings is 1. The average Bonchev–Trinajstić information content (AvgIpc) is 3.14. The highest BCUT2D eigenvalue weighted by Crippen LogP contribution is 2.33. The summed E-state index contributed by atoms with van der Waals surface area (Å²) in [5.74, 6) is 0.982. The smallest absolute Gasteiger partial charge is 0.270 e. The molecule has 5 heteroatoms. The number of aromatic nitrogens is 3. The maximum atomic E-state index is 12.6. The Bertz CT molecular complexity index is 1150. The molecule has 0 bridgehead atoms. The molecule has 0 saturated carbocycles. The van der Waals surface area contributed by atoms with E-state index in [1.807, 2.05) is 24.3 Å². The summed E-state index contributed by atoms with van der Waals surface area (Å²) in [5, 5.41) is 3.16. The van der Waals surface area contributed by atoms with E-state index in [0.717, 1.165) is 48.2 Å². The molecule has 5 nitrogen and oxygen atoms in total. The van der Waals surface area contributed by atoms with Crippen molar-refractivity contribution in [2.24, 2.45) is 0 Å². The van der Waals surface area contributed by atoms with Gasteiger partial charge in [-0.05, 0) is 36.6 Å². The summed E-state index contributed by atoms with van der Waals surface area (Å²) in [6.07, 6.45) is 4.37. The molecule has 1 N–H and O–H groups in total. The number of aryl methyl sites for hydroxylation is 3. The van der Waals surface area contributed by atoms with Crippen molar-refractivity contribution in [3.63, 3.8) is 0 Å². The van der Waals surface area contributed by atoms with Crippen molar-refractivity contribution in [3.05, 3.63) is 95.6 Å². The molecule has 1 aliphatic rings. The third-order valence-electron chi connectivity index (χ3n) is 5.58. The predicted octanol–water partition coefficient (Wildman–Crippen LogP) is 4.09. The van der Waals surface area contributed by atoms with Crippen LogP contribution in [0.5, 0.6) is 0 Å². The second-order valence-corrected chi connectivity index (χ2v) is 7.41. The van der Waals surface area contributed by atoms with Crippen molar-refractivity contribution >= 4 is 16.9 Å². The van der Waals surface area contributed by atoms with Gasteiger partial charge in [0, 0.05) is 24.7 Å². The SMILES string of the molecule is O=C(NC1CCn2c(CCc3ccccc3)nc3cccc1c32)c1ccccn1. The first-order valence-electron chi connectivity index (χ1n) is 10.0. The highest BCUT2D eigenvalue weighted by atomic mass is 16.1. The molecule has 2 aromatic carbocycles. The van der Waals surface area contributed by atoms with Gasteiger partial charge in [0.25, 0.3) is 5.91 Å². The van der Waals surface area contributed by atoms with E-state index in [9.17, 15) is 4.79 Å². The molecule has 1 amide bonds. The van der Waals surface area contributed by atoms with Crippen LogP contribution in [-0.4, -0.2) is 20.4 Å². The Labute approximate surface area is 169 Å². The van der Waals surface area contributed by atoms with Crippen LogP contribution < -0.4 is 5.32 Å². The fraction of sp³-hybridized carbons (Fsp3) is 0.208. The summed E-state index contributed by atoms with van der Waals surface area (Å²) in [6.45, 7) is 0.852. The Kier molecular flexibility index (Phi) is 4.56. The van der Waals surface area contributed by atoms with Gasteiger partial charge in [0.05, 0.1) is 17.1 Å². The van der Waals surface area contributed by atoms with Gasteiger partial charge in [-0.25, -0.2) is 4.98 Å². The normalized spacial score (nSPS) is 15.4.